The third kappa shape index (κ3) is 5.95. The Morgan fingerprint density at radius 1 is 1.05 bits per heavy atom. The Labute approximate surface area is 238 Å². The van der Waals surface area contributed by atoms with Crippen molar-refractivity contribution in [1.29, 1.82) is 0 Å². The number of aromatic nitrogens is 4. The van der Waals surface area contributed by atoms with Crippen LogP contribution in [0.15, 0.2) is 76.1 Å². The predicted molar refractivity (Wildman–Crippen MR) is 158 cm³/mol. The van der Waals surface area contributed by atoms with Crippen molar-refractivity contribution in [2.75, 3.05) is 13.1 Å². The molecule has 2 aromatic carbocycles. The quantitative estimate of drug-likeness (QED) is 0.259. The van der Waals surface area contributed by atoms with E-state index in [1.807, 2.05) is 72.0 Å². The lowest BCUT2D eigenvalue weighted by atomic mass is 10.1. The molecule has 3 heterocycles. The topological polar surface area (TPSA) is 97.7 Å². The fraction of sp³-hybridized carbons (Fsp3) is 0.375. The van der Waals surface area contributed by atoms with Crippen molar-refractivity contribution in [3.63, 3.8) is 0 Å². The summed E-state index contributed by atoms with van der Waals surface area (Å²) in [5.74, 6) is 2.07. The molecule has 1 aliphatic carbocycles. The lowest BCUT2D eigenvalue weighted by Gasteiger charge is -2.28. The summed E-state index contributed by atoms with van der Waals surface area (Å²) in [6, 6.07) is 20.1. The third-order valence-electron chi connectivity index (χ3n) is 8.11. The Balaban J connectivity index is 1.15. The van der Waals surface area contributed by atoms with Gasteiger partial charge in [0.2, 0.25) is 11.7 Å². The summed E-state index contributed by atoms with van der Waals surface area (Å²) >= 11 is 0. The molecule has 0 radical (unpaired) electrons. The first-order valence-corrected chi connectivity index (χ1v) is 14.5. The van der Waals surface area contributed by atoms with Crippen LogP contribution in [0.2, 0.25) is 0 Å². The molecule has 0 aliphatic heterocycles. The van der Waals surface area contributed by atoms with E-state index >= 15 is 0 Å². The number of carbonyl (C=O) groups excluding carboxylic acids is 1. The van der Waals surface area contributed by atoms with E-state index < -0.39 is 0 Å². The number of carbonyl (C=O) groups is 1. The van der Waals surface area contributed by atoms with Crippen molar-refractivity contribution in [1.82, 2.24) is 29.4 Å². The maximum absolute atomic E-state index is 13.5. The number of rotatable bonds is 11. The Hall–Kier alpha value is -4.24. The van der Waals surface area contributed by atoms with Gasteiger partial charge in [-0.15, -0.1) is 10.2 Å². The Morgan fingerprint density at radius 2 is 1.85 bits per heavy atom. The van der Waals surface area contributed by atoms with Crippen molar-refractivity contribution in [2.24, 2.45) is 0 Å². The van der Waals surface area contributed by atoms with Crippen molar-refractivity contribution in [3.05, 3.63) is 100.0 Å². The highest BCUT2D eigenvalue weighted by molar-refractivity contribution is 5.80. The number of hydrogen-bond acceptors (Lipinski definition) is 6. The van der Waals surface area contributed by atoms with E-state index in [4.69, 9.17) is 4.42 Å². The summed E-state index contributed by atoms with van der Waals surface area (Å²) in [7, 11) is 0. The van der Waals surface area contributed by atoms with Crippen LogP contribution < -0.4 is 10.9 Å². The maximum Gasteiger partial charge on any atom is 0.263 e. The lowest BCUT2D eigenvalue weighted by molar-refractivity contribution is -0.121. The highest BCUT2D eigenvalue weighted by Crippen LogP contribution is 2.25. The molecule has 0 unspecified atom stereocenters. The van der Waals surface area contributed by atoms with E-state index in [1.165, 1.54) is 25.7 Å². The summed E-state index contributed by atoms with van der Waals surface area (Å²) in [5.41, 5.74) is 2.82. The molecule has 41 heavy (non-hydrogen) atoms. The van der Waals surface area contributed by atoms with Gasteiger partial charge in [0.05, 0.1) is 30.3 Å². The summed E-state index contributed by atoms with van der Waals surface area (Å²) in [6.45, 7) is 4.55. The van der Waals surface area contributed by atoms with Gasteiger partial charge in [0.1, 0.15) is 11.6 Å². The summed E-state index contributed by atoms with van der Waals surface area (Å²) in [4.78, 5) is 28.8. The minimum absolute atomic E-state index is 0.0246. The highest BCUT2D eigenvalue weighted by atomic mass is 16.3. The molecular formula is C32H36N6O3. The fourth-order valence-electron chi connectivity index (χ4n) is 5.91. The molecule has 1 fully saturated rings. The van der Waals surface area contributed by atoms with Gasteiger partial charge in [0.25, 0.3) is 5.56 Å². The van der Waals surface area contributed by atoms with Gasteiger partial charge in [0, 0.05) is 32.0 Å². The SMILES string of the molecule is Cc1ccc(Cn2c(=O)c3ccccc3n3c(CCC(=O)NCCN(Cc4ccco4)C4CCCC4)nnc23)cc1. The fourth-order valence-corrected chi connectivity index (χ4v) is 5.91. The summed E-state index contributed by atoms with van der Waals surface area (Å²) < 4.78 is 9.17. The second-order valence-electron chi connectivity index (χ2n) is 11.0. The molecule has 1 saturated carbocycles. The van der Waals surface area contributed by atoms with Crippen LogP contribution in [0.3, 0.4) is 0 Å². The van der Waals surface area contributed by atoms with Crippen LogP contribution in [0.4, 0.5) is 0 Å². The van der Waals surface area contributed by atoms with Gasteiger partial charge < -0.3 is 9.73 Å². The number of aryl methyl sites for hydroxylation is 2. The molecule has 9 nitrogen and oxygen atoms in total. The normalized spacial score (nSPS) is 14.0. The van der Waals surface area contributed by atoms with Crippen molar-refractivity contribution >= 4 is 22.6 Å². The van der Waals surface area contributed by atoms with Crippen LogP contribution in [0, 0.1) is 6.92 Å². The molecule has 0 spiro atoms. The van der Waals surface area contributed by atoms with E-state index in [0.29, 0.717) is 42.5 Å². The average molecular weight is 553 g/mol. The summed E-state index contributed by atoms with van der Waals surface area (Å²) in [5, 5.41) is 12.5. The van der Waals surface area contributed by atoms with Crippen LogP contribution in [0.5, 0.6) is 0 Å². The molecule has 0 atom stereocenters. The molecular weight excluding hydrogens is 516 g/mol. The third-order valence-corrected chi connectivity index (χ3v) is 8.11. The molecule has 6 rings (SSSR count). The van der Waals surface area contributed by atoms with Gasteiger partial charge in [-0.1, -0.05) is 54.8 Å². The van der Waals surface area contributed by atoms with E-state index in [9.17, 15) is 9.59 Å². The van der Waals surface area contributed by atoms with Gasteiger partial charge in [0.15, 0.2) is 0 Å². The Bertz CT molecular complexity index is 1680. The molecule has 9 heteroatoms. The van der Waals surface area contributed by atoms with E-state index in [2.05, 4.69) is 20.4 Å². The number of hydrogen-bond donors (Lipinski definition) is 1. The zero-order valence-electron chi connectivity index (χ0n) is 23.5. The Kier molecular flexibility index (Phi) is 7.95. The van der Waals surface area contributed by atoms with Gasteiger partial charge in [-0.2, -0.15) is 0 Å². The first kappa shape index (κ1) is 27.0. The molecule has 0 saturated heterocycles. The molecule has 1 amide bonds. The largest absolute Gasteiger partial charge is 0.468 e. The zero-order valence-corrected chi connectivity index (χ0v) is 23.5. The molecule has 0 bridgehead atoms. The van der Waals surface area contributed by atoms with Crippen LogP contribution in [-0.4, -0.2) is 49.1 Å². The number of benzene rings is 2. The number of amides is 1. The number of nitrogens with zero attached hydrogens (tertiary/aromatic N) is 5. The first-order chi connectivity index (χ1) is 20.1. The molecule has 3 aromatic heterocycles. The van der Waals surface area contributed by atoms with Gasteiger partial charge in [-0.3, -0.25) is 23.5 Å². The predicted octanol–water partition coefficient (Wildman–Crippen LogP) is 4.49. The van der Waals surface area contributed by atoms with Crippen molar-refractivity contribution in [2.45, 2.75) is 64.6 Å². The molecule has 1 aliphatic rings. The average Bonchev–Trinajstić information content (AvgIpc) is 3.77. The molecule has 212 valence electrons. The zero-order chi connectivity index (χ0) is 28.2. The molecule has 5 aromatic rings. The minimum Gasteiger partial charge on any atom is -0.468 e. The second kappa shape index (κ2) is 12.1. The van der Waals surface area contributed by atoms with Crippen LogP contribution >= 0.6 is 0 Å². The second-order valence-corrected chi connectivity index (χ2v) is 11.0. The van der Waals surface area contributed by atoms with E-state index in [-0.39, 0.29) is 17.9 Å². The number of fused-ring (bicyclic) bond motifs is 3. The minimum atomic E-state index is -0.105. The lowest BCUT2D eigenvalue weighted by Crippen LogP contribution is -2.39. The number of furan rings is 1. The van der Waals surface area contributed by atoms with Gasteiger partial charge >= 0.3 is 0 Å². The van der Waals surface area contributed by atoms with Crippen LogP contribution in [0.1, 0.15) is 54.8 Å². The highest BCUT2D eigenvalue weighted by Gasteiger charge is 2.23. The Morgan fingerprint density at radius 3 is 2.63 bits per heavy atom. The molecule has 1 N–H and O–H groups in total. The van der Waals surface area contributed by atoms with Crippen molar-refractivity contribution in [3.8, 4) is 0 Å². The van der Waals surface area contributed by atoms with Crippen molar-refractivity contribution < 1.29 is 9.21 Å². The van der Waals surface area contributed by atoms with Gasteiger partial charge in [-0.05, 0) is 49.6 Å². The van der Waals surface area contributed by atoms with E-state index in [0.717, 1.165) is 35.5 Å². The standard InChI is InChI=1S/C32H36N6O3/c1-23-12-14-24(15-13-23)21-37-31(40)27-10-4-5-11-28(27)38-29(34-35-32(37)38)16-17-30(39)33-18-19-36(25-7-2-3-8-25)22-26-9-6-20-41-26/h4-6,9-15,20,25H,2-3,7-8,16-19,21-22H2,1H3,(H,33,39). The monoisotopic (exact) mass is 552 g/mol. The summed E-state index contributed by atoms with van der Waals surface area (Å²) in [6.07, 6.45) is 7.31. The maximum atomic E-state index is 13.5. The van der Waals surface area contributed by atoms with E-state index in [1.54, 1.807) is 10.8 Å². The van der Waals surface area contributed by atoms with Gasteiger partial charge in [-0.25, -0.2) is 0 Å². The van der Waals surface area contributed by atoms with Crippen LogP contribution in [-0.2, 0) is 24.3 Å². The first-order valence-electron chi connectivity index (χ1n) is 14.5. The number of nitrogens with one attached hydrogen (secondary N) is 1. The number of para-hydroxylation sites is 1. The van der Waals surface area contributed by atoms with Crippen LogP contribution in [0.25, 0.3) is 16.7 Å². The smallest absolute Gasteiger partial charge is 0.263 e.